The molecule has 0 radical (unpaired) electrons. The van der Waals surface area contributed by atoms with E-state index in [0.29, 0.717) is 48.9 Å². The number of carbonyl (C=O) groups excluding carboxylic acids is 2. The molecule has 0 aliphatic carbocycles. The summed E-state index contributed by atoms with van der Waals surface area (Å²) in [4.78, 5) is 27.6. The maximum atomic E-state index is 12.5. The molecule has 114 valence electrons. The first-order valence-electron chi connectivity index (χ1n) is 6.97. The van der Waals surface area contributed by atoms with Gasteiger partial charge in [-0.2, -0.15) is 0 Å². The lowest BCUT2D eigenvalue weighted by Gasteiger charge is -2.34. The highest BCUT2D eigenvalue weighted by Gasteiger charge is 2.25. The first-order chi connectivity index (χ1) is 10.1. The summed E-state index contributed by atoms with van der Waals surface area (Å²) in [5.74, 6) is 0.644. The lowest BCUT2D eigenvalue weighted by Crippen LogP contribution is -2.50. The molecule has 0 atom stereocenters. The highest BCUT2D eigenvalue weighted by atomic mass is 35.5. The van der Waals surface area contributed by atoms with Gasteiger partial charge < -0.3 is 14.5 Å². The monoisotopic (exact) mass is 310 g/mol. The first kappa shape index (κ1) is 15.6. The van der Waals surface area contributed by atoms with Gasteiger partial charge in [0.2, 0.25) is 5.91 Å². The number of carbonyl (C=O) groups is 2. The van der Waals surface area contributed by atoms with Crippen LogP contribution in [-0.4, -0.2) is 54.9 Å². The molecule has 1 heterocycles. The molecule has 0 unspecified atom stereocenters. The van der Waals surface area contributed by atoms with E-state index in [1.807, 2.05) is 6.92 Å². The van der Waals surface area contributed by atoms with Crippen molar-refractivity contribution in [3.63, 3.8) is 0 Å². The quantitative estimate of drug-likeness (QED) is 0.858. The summed E-state index contributed by atoms with van der Waals surface area (Å²) in [5.41, 5.74) is 0.465. The first-order valence-corrected chi connectivity index (χ1v) is 7.35. The van der Waals surface area contributed by atoms with Crippen molar-refractivity contribution in [2.45, 2.75) is 13.3 Å². The van der Waals surface area contributed by atoms with Crippen LogP contribution in [0.4, 0.5) is 0 Å². The standard InChI is InChI=1S/C15H19ClN2O3/c1-3-14(19)17-6-8-18(9-7-17)15(20)12-5-4-11(21-2)10-13(12)16/h4-5,10H,3,6-9H2,1-2H3. The Kier molecular flexibility index (Phi) is 5.07. The van der Waals surface area contributed by atoms with Crippen LogP contribution < -0.4 is 4.74 Å². The average molecular weight is 311 g/mol. The van der Waals surface area contributed by atoms with Gasteiger partial charge in [0.15, 0.2) is 0 Å². The fourth-order valence-corrected chi connectivity index (χ4v) is 2.60. The van der Waals surface area contributed by atoms with Crippen molar-refractivity contribution in [2.24, 2.45) is 0 Å². The van der Waals surface area contributed by atoms with Gasteiger partial charge in [0, 0.05) is 32.6 Å². The molecule has 2 rings (SSSR count). The third kappa shape index (κ3) is 3.47. The predicted octanol–water partition coefficient (Wildman–Crippen LogP) is 2.04. The van der Waals surface area contributed by atoms with E-state index in [4.69, 9.17) is 16.3 Å². The minimum atomic E-state index is -0.105. The summed E-state index contributed by atoms with van der Waals surface area (Å²) in [7, 11) is 1.55. The second-order valence-electron chi connectivity index (χ2n) is 4.87. The van der Waals surface area contributed by atoms with Crippen molar-refractivity contribution in [1.29, 1.82) is 0 Å². The minimum Gasteiger partial charge on any atom is -0.497 e. The van der Waals surface area contributed by atoms with Gasteiger partial charge in [-0.25, -0.2) is 0 Å². The van der Waals surface area contributed by atoms with E-state index in [0.717, 1.165) is 0 Å². The van der Waals surface area contributed by atoms with Gasteiger partial charge in [0.25, 0.3) is 5.91 Å². The fraction of sp³-hybridized carbons (Fsp3) is 0.467. The van der Waals surface area contributed by atoms with Crippen molar-refractivity contribution >= 4 is 23.4 Å². The minimum absolute atomic E-state index is 0.105. The van der Waals surface area contributed by atoms with Crippen LogP contribution in [0, 0.1) is 0 Å². The van der Waals surface area contributed by atoms with Crippen LogP contribution in [0.2, 0.25) is 5.02 Å². The maximum absolute atomic E-state index is 12.5. The smallest absolute Gasteiger partial charge is 0.255 e. The molecule has 1 saturated heterocycles. The molecule has 0 aromatic heterocycles. The Hall–Kier alpha value is -1.75. The molecule has 0 spiro atoms. The van der Waals surface area contributed by atoms with Gasteiger partial charge >= 0.3 is 0 Å². The molecular formula is C15H19ClN2O3. The molecule has 1 aromatic rings. The highest BCUT2D eigenvalue weighted by molar-refractivity contribution is 6.34. The Balaban J connectivity index is 2.03. The van der Waals surface area contributed by atoms with Crippen LogP contribution in [0.25, 0.3) is 0 Å². The number of ether oxygens (including phenoxy) is 1. The van der Waals surface area contributed by atoms with Crippen LogP contribution in [0.3, 0.4) is 0 Å². The van der Waals surface area contributed by atoms with Gasteiger partial charge in [-0.05, 0) is 18.2 Å². The van der Waals surface area contributed by atoms with Crippen LogP contribution in [-0.2, 0) is 4.79 Å². The molecular weight excluding hydrogens is 292 g/mol. The summed E-state index contributed by atoms with van der Waals surface area (Å²) < 4.78 is 5.07. The zero-order valence-electron chi connectivity index (χ0n) is 12.3. The summed E-state index contributed by atoms with van der Waals surface area (Å²) >= 11 is 6.13. The number of piperazine rings is 1. The van der Waals surface area contributed by atoms with Crippen molar-refractivity contribution in [3.8, 4) is 5.75 Å². The molecule has 1 aliphatic rings. The summed E-state index contributed by atoms with van der Waals surface area (Å²) in [6.07, 6.45) is 0.498. The second-order valence-corrected chi connectivity index (χ2v) is 5.28. The summed E-state index contributed by atoms with van der Waals surface area (Å²) in [5, 5.41) is 0.381. The topological polar surface area (TPSA) is 49.9 Å². The summed E-state index contributed by atoms with van der Waals surface area (Å²) in [6, 6.07) is 5.02. The van der Waals surface area contributed by atoms with E-state index in [1.165, 1.54) is 0 Å². The van der Waals surface area contributed by atoms with Crippen LogP contribution >= 0.6 is 11.6 Å². The number of halogens is 1. The van der Waals surface area contributed by atoms with Gasteiger partial charge in [-0.1, -0.05) is 18.5 Å². The largest absolute Gasteiger partial charge is 0.497 e. The zero-order valence-corrected chi connectivity index (χ0v) is 13.0. The lowest BCUT2D eigenvalue weighted by atomic mass is 10.1. The molecule has 21 heavy (non-hydrogen) atoms. The predicted molar refractivity (Wildman–Crippen MR) is 80.8 cm³/mol. The van der Waals surface area contributed by atoms with Crippen molar-refractivity contribution in [1.82, 2.24) is 9.80 Å². The molecule has 5 nitrogen and oxygen atoms in total. The molecule has 6 heteroatoms. The SMILES string of the molecule is CCC(=O)N1CCN(C(=O)c2ccc(OC)cc2Cl)CC1. The van der Waals surface area contributed by atoms with E-state index in [1.54, 1.807) is 35.1 Å². The van der Waals surface area contributed by atoms with Crippen molar-refractivity contribution in [3.05, 3.63) is 28.8 Å². The third-order valence-corrected chi connectivity index (χ3v) is 3.94. The number of nitrogens with zero attached hydrogens (tertiary/aromatic N) is 2. The van der Waals surface area contributed by atoms with Crippen molar-refractivity contribution in [2.75, 3.05) is 33.3 Å². The van der Waals surface area contributed by atoms with E-state index in [9.17, 15) is 9.59 Å². The number of benzene rings is 1. The molecule has 0 saturated carbocycles. The van der Waals surface area contributed by atoms with Crippen molar-refractivity contribution < 1.29 is 14.3 Å². The number of hydrogen-bond acceptors (Lipinski definition) is 3. The Morgan fingerprint density at radius 3 is 2.33 bits per heavy atom. The summed E-state index contributed by atoms with van der Waals surface area (Å²) in [6.45, 7) is 4.06. The number of rotatable bonds is 3. The lowest BCUT2D eigenvalue weighted by molar-refractivity contribution is -0.132. The van der Waals surface area contributed by atoms with Gasteiger partial charge in [-0.3, -0.25) is 9.59 Å². The number of amides is 2. The Morgan fingerprint density at radius 1 is 1.19 bits per heavy atom. The molecule has 0 bridgehead atoms. The molecule has 1 aliphatic heterocycles. The van der Waals surface area contributed by atoms with E-state index < -0.39 is 0 Å². The van der Waals surface area contributed by atoms with E-state index in [2.05, 4.69) is 0 Å². The van der Waals surface area contributed by atoms with E-state index >= 15 is 0 Å². The Morgan fingerprint density at radius 2 is 1.81 bits per heavy atom. The van der Waals surface area contributed by atoms with Gasteiger partial charge in [-0.15, -0.1) is 0 Å². The number of hydrogen-bond donors (Lipinski definition) is 0. The molecule has 1 fully saturated rings. The highest BCUT2D eigenvalue weighted by Crippen LogP contribution is 2.24. The van der Waals surface area contributed by atoms with Crippen LogP contribution in [0.15, 0.2) is 18.2 Å². The van der Waals surface area contributed by atoms with Gasteiger partial charge in [0.1, 0.15) is 5.75 Å². The molecule has 1 aromatic carbocycles. The average Bonchev–Trinajstić information content (AvgIpc) is 2.53. The van der Waals surface area contributed by atoms with E-state index in [-0.39, 0.29) is 11.8 Å². The van der Waals surface area contributed by atoms with Crippen LogP contribution in [0.1, 0.15) is 23.7 Å². The van der Waals surface area contributed by atoms with Crippen LogP contribution in [0.5, 0.6) is 5.75 Å². The fourth-order valence-electron chi connectivity index (χ4n) is 2.35. The zero-order chi connectivity index (χ0) is 15.4. The Bertz CT molecular complexity index is 540. The second kappa shape index (κ2) is 6.80. The maximum Gasteiger partial charge on any atom is 0.255 e. The Labute approximate surface area is 129 Å². The normalized spacial score (nSPS) is 15.0. The molecule has 0 N–H and O–H groups in total. The molecule has 2 amide bonds. The van der Waals surface area contributed by atoms with Gasteiger partial charge in [0.05, 0.1) is 17.7 Å². The number of methoxy groups -OCH3 is 1. The third-order valence-electron chi connectivity index (χ3n) is 3.63.